The van der Waals surface area contributed by atoms with Gasteiger partial charge in [-0.1, -0.05) is 184 Å². The second kappa shape index (κ2) is 14.5. The molecular weight excluding hydrogens is 622 g/mol. The highest BCUT2D eigenvalue weighted by Gasteiger charge is 2.58. The molecule has 0 spiro atoms. The fraction of sp³-hybridized carbons (Fsp3) is 0.100. The Labute approximate surface area is 287 Å². The monoisotopic (exact) mass is 660 g/mol. The highest BCUT2D eigenvalue weighted by molar-refractivity contribution is 7.06. The molecular formula is C40H38B2O4Si2. The largest absolute Gasteiger partial charge is 0.476 e. The molecule has 1 saturated heterocycles. The third-order valence-electron chi connectivity index (χ3n) is 9.03. The van der Waals surface area contributed by atoms with E-state index in [1.165, 1.54) is 11.1 Å². The van der Waals surface area contributed by atoms with E-state index in [0.29, 0.717) is 0 Å². The molecule has 1 aliphatic rings. The Bertz CT molecular complexity index is 1660. The molecule has 0 N–H and O–H groups in total. The molecule has 48 heavy (non-hydrogen) atoms. The van der Waals surface area contributed by atoms with E-state index in [-0.39, 0.29) is 0 Å². The molecule has 6 aromatic carbocycles. The van der Waals surface area contributed by atoms with Gasteiger partial charge in [0, 0.05) is 0 Å². The average Bonchev–Trinajstić information content (AvgIpc) is 3.17. The van der Waals surface area contributed by atoms with Crippen LogP contribution in [-0.4, -0.2) is 31.4 Å². The molecule has 0 radical (unpaired) electrons. The minimum Gasteiger partial charge on any atom is -0.423 e. The van der Waals surface area contributed by atoms with Crippen molar-refractivity contribution in [2.24, 2.45) is 0 Å². The zero-order chi connectivity index (χ0) is 32.8. The van der Waals surface area contributed by atoms with Crippen molar-refractivity contribution in [3.8, 4) is 0 Å². The molecule has 0 amide bonds. The van der Waals surface area contributed by atoms with E-state index < -0.39 is 31.4 Å². The first-order valence-electron chi connectivity index (χ1n) is 16.7. The summed E-state index contributed by atoms with van der Waals surface area (Å²) in [6.45, 7) is 4.33. The van der Waals surface area contributed by atoms with Gasteiger partial charge in [0.25, 0.3) is 0 Å². The third kappa shape index (κ3) is 6.43. The van der Waals surface area contributed by atoms with Crippen LogP contribution in [0.2, 0.25) is 0 Å². The molecule has 1 fully saturated rings. The molecule has 8 heteroatoms. The Morgan fingerprint density at radius 2 is 0.604 bits per heavy atom. The van der Waals surface area contributed by atoms with Gasteiger partial charge in [0.2, 0.25) is 0 Å². The summed E-state index contributed by atoms with van der Waals surface area (Å²) in [4.78, 5) is 0. The van der Waals surface area contributed by atoms with Gasteiger partial charge in [0.1, 0.15) is 0 Å². The molecule has 0 aromatic heterocycles. The molecule has 1 aliphatic heterocycles. The van der Waals surface area contributed by atoms with Crippen molar-refractivity contribution < 1.29 is 17.4 Å². The van der Waals surface area contributed by atoms with Crippen LogP contribution in [0.4, 0.5) is 0 Å². The molecule has 6 aromatic rings. The summed E-state index contributed by atoms with van der Waals surface area (Å²) in [6, 6.07) is 58.4. The van der Waals surface area contributed by atoms with E-state index in [1.807, 2.05) is 72.8 Å². The number of hydrogen-bond donors (Lipinski definition) is 0. The topological polar surface area (TPSA) is 36.9 Å². The predicted molar refractivity (Wildman–Crippen MR) is 203 cm³/mol. The third-order valence-corrected chi connectivity index (χ3v) is 15.6. The van der Waals surface area contributed by atoms with Crippen molar-refractivity contribution in [3.63, 3.8) is 0 Å². The minimum absolute atomic E-state index is 0.793. The molecule has 4 nitrogen and oxygen atoms in total. The van der Waals surface area contributed by atoms with Crippen LogP contribution in [0.15, 0.2) is 170 Å². The summed E-state index contributed by atoms with van der Waals surface area (Å²) >= 11 is 0. The Balaban J connectivity index is 1.51. The normalized spacial score (nSPS) is 15.8. The van der Waals surface area contributed by atoms with Crippen molar-refractivity contribution in [1.29, 1.82) is 0 Å². The minimum atomic E-state index is -3.55. The number of rotatable bonds is 8. The van der Waals surface area contributed by atoms with Crippen molar-refractivity contribution in [2.75, 3.05) is 0 Å². The summed E-state index contributed by atoms with van der Waals surface area (Å²) in [7, 11) is -8.68. The van der Waals surface area contributed by atoms with Crippen LogP contribution in [-0.2, 0) is 30.2 Å². The van der Waals surface area contributed by atoms with Gasteiger partial charge in [-0.05, 0) is 55.6 Å². The molecule has 0 unspecified atom stereocenters. The van der Waals surface area contributed by atoms with Gasteiger partial charge in [-0.15, -0.1) is 0 Å². The van der Waals surface area contributed by atoms with Gasteiger partial charge in [-0.25, -0.2) is 0 Å². The van der Waals surface area contributed by atoms with E-state index in [0.717, 1.165) is 44.5 Å². The first-order chi connectivity index (χ1) is 23.6. The van der Waals surface area contributed by atoms with Crippen molar-refractivity contribution >= 4 is 63.0 Å². The van der Waals surface area contributed by atoms with Crippen LogP contribution >= 0.6 is 0 Å². The van der Waals surface area contributed by atoms with Crippen LogP contribution < -0.4 is 31.7 Å². The number of hydrogen-bond acceptors (Lipinski definition) is 4. The second-order valence-electron chi connectivity index (χ2n) is 12.0. The van der Waals surface area contributed by atoms with Crippen LogP contribution in [0.5, 0.6) is 0 Å². The maximum absolute atomic E-state index is 7.55. The zero-order valence-corrected chi connectivity index (χ0v) is 29.4. The molecule has 0 atom stereocenters. The van der Waals surface area contributed by atoms with E-state index in [2.05, 4.69) is 111 Å². The maximum Gasteiger partial charge on any atom is 0.476 e. The Morgan fingerprint density at radius 1 is 0.354 bits per heavy atom. The Hall–Kier alpha value is -4.28. The first-order valence-corrected chi connectivity index (χ1v) is 20.4. The van der Waals surface area contributed by atoms with E-state index in [9.17, 15) is 0 Å². The lowest BCUT2D eigenvalue weighted by Gasteiger charge is -2.44. The lowest BCUT2D eigenvalue weighted by Crippen LogP contribution is -2.78. The number of benzene rings is 6. The van der Waals surface area contributed by atoms with Crippen LogP contribution in [0.25, 0.3) is 0 Å². The SMILES string of the molecule is CCc1ccc(B2O[Si](c3ccccc3)(c3ccccc3)OB(c3ccc(CC)cc3)O[Si](c3ccccc3)(c3ccccc3)O2)cc1. The van der Waals surface area contributed by atoms with Gasteiger partial charge < -0.3 is 17.4 Å². The smallest absolute Gasteiger partial charge is 0.423 e. The number of aryl methyl sites for hydroxylation is 2. The van der Waals surface area contributed by atoms with Crippen molar-refractivity contribution in [2.45, 2.75) is 26.7 Å². The maximum atomic E-state index is 7.55. The quantitative estimate of drug-likeness (QED) is 0.226. The van der Waals surface area contributed by atoms with E-state index >= 15 is 0 Å². The molecule has 0 aliphatic carbocycles. The first kappa shape index (κ1) is 32.3. The molecule has 1 heterocycles. The lowest BCUT2D eigenvalue weighted by molar-refractivity contribution is 0.288. The summed E-state index contributed by atoms with van der Waals surface area (Å²) in [5.41, 5.74) is 4.32. The Morgan fingerprint density at radius 3 is 0.833 bits per heavy atom. The van der Waals surface area contributed by atoms with Crippen LogP contribution in [0.1, 0.15) is 25.0 Å². The molecule has 236 valence electrons. The van der Waals surface area contributed by atoms with Gasteiger partial charge in [0.05, 0.1) is 0 Å². The summed E-state index contributed by atoms with van der Waals surface area (Å²) in [5, 5.41) is 3.90. The van der Waals surface area contributed by atoms with Crippen molar-refractivity contribution in [1.82, 2.24) is 0 Å². The molecule has 0 bridgehead atoms. The standard InChI is InChI=1S/C40H38B2O4Si2/c1-3-33-25-29-35(30-26-33)41-43-47(37-17-9-5-10-18-37,38-19-11-6-12-20-38)45-42(36-31-27-34(4-2)28-32-36)46-48(44-41,39-21-13-7-14-22-39)40-23-15-8-16-24-40/h5-32H,3-4H2,1-2H3. The zero-order valence-electron chi connectivity index (χ0n) is 27.4. The van der Waals surface area contributed by atoms with Crippen molar-refractivity contribution in [3.05, 3.63) is 181 Å². The summed E-state index contributed by atoms with van der Waals surface area (Å²) < 4.78 is 30.2. The Kier molecular flexibility index (Phi) is 9.72. The van der Waals surface area contributed by atoms with Gasteiger partial charge in [0.15, 0.2) is 0 Å². The fourth-order valence-electron chi connectivity index (χ4n) is 6.31. The second-order valence-corrected chi connectivity index (χ2v) is 17.7. The predicted octanol–water partition coefficient (Wildman–Crippen LogP) is 4.50. The van der Waals surface area contributed by atoms with Crippen LogP contribution in [0, 0.1) is 0 Å². The average molecular weight is 661 g/mol. The fourth-order valence-corrected chi connectivity index (χ4v) is 12.8. The summed E-state index contributed by atoms with van der Waals surface area (Å²) in [6.07, 6.45) is 1.88. The van der Waals surface area contributed by atoms with Crippen LogP contribution in [0.3, 0.4) is 0 Å². The van der Waals surface area contributed by atoms with Gasteiger partial charge >= 0.3 is 31.4 Å². The van der Waals surface area contributed by atoms with E-state index in [4.69, 9.17) is 17.4 Å². The molecule has 0 saturated carbocycles. The highest BCUT2D eigenvalue weighted by atomic mass is 28.4. The molecule has 7 rings (SSSR count). The highest BCUT2D eigenvalue weighted by Crippen LogP contribution is 2.24. The van der Waals surface area contributed by atoms with Gasteiger partial charge in [-0.2, -0.15) is 0 Å². The van der Waals surface area contributed by atoms with E-state index in [1.54, 1.807) is 0 Å². The summed E-state index contributed by atoms with van der Waals surface area (Å²) in [5.74, 6) is 0. The van der Waals surface area contributed by atoms with Gasteiger partial charge in [-0.3, -0.25) is 0 Å². The lowest BCUT2D eigenvalue weighted by atomic mass is 9.80.